The van der Waals surface area contributed by atoms with E-state index in [0.29, 0.717) is 40.5 Å². The Morgan fingerprint density at radius 2 is 2.09 bits per heavy atom. The van der Waals surface area contributed by atoms with Gasteiger partial charge in [-0.1, -0.05) is 17.7 Å². The summed E-state index contributed by atoms with van der Waals surface area (Å²) in [7, 11) is 0. The van der Waals surface area contributed by atoms with Gasteiger partial charge in [-0.2, -0.15) is 0 Å². The monoisotopic (exact) mass is 499 g/mol. The highest BCUT2D eigenvalue weighted by Crippen LogP contribution is 2.34. The van der Waals surface area contributed by atoms with Crippen LogP contribution in [0.4, 0.5) is 21.6 Å². The fourth-order valence-corrected chi connectivity index (χ4v) is 3.91. The first-order chi connectivity index (χ1) is 17.0. The van der Waals surface area contributed by atoms with Gasteiger partial charge in [0.25, 0.3) is 0 Å². The summed E-state index contributed by atoms with van der Waals surface area (Å²) in [5, 5.41) is 6.67. The average molecular weight is 500 g/mol. The van der Waals surface area contributed by atoms with Gasteiger partial charge in [-0.15, -0.1) is 0 Å². The van der Waals surface area contributed by atoms with Crippen molar-refractivity contribution in [3.8, 4) is 5.75 Å². The summed E-state index contributed by atoms with van der Waals surface area (Å²) < 4.78 is 25.0. The second-order valence-corrected chi connectivity index (χ2v) is 8.39. The molecule has 0 radical (unpaired) electrons. The van der Waals surface area contributed by atoms with E-state index in [4.69, 9.17) is 21.1 Å². The van der Waals surface area contributed by atoms with Crippen molar-refractivity contribution >= 4 is 45.6 Å². The van der Waals surface area contributed by atoms with Crippen LogP contribution < -0.4 is 15.4 Å². The maximum absolute atomic E-state index is 13.6. The SMILES string of the molecule is C/C=C/C(=O)Nc1cc2c(Nc3ccc(F)c(Cl)c3)ncnc2cc1OCCCN1CCOCC1. The van der Waals surface area contributed by atoms with Crippen molar-refractivity contribution in [1.29, 1.82) is 0 Å². The Labute approximate surface area is 208 Å². The van der Waals surface area contributed by atoms with Gasteiger partial charge in [0.2, 0.25) is 5.91 Å². The number of ether oxygens (including phenoxy) is 2. The Kier molecular flexibility index (Phi) is 8.46. The number of hydrogen-bond donors (Lipinski definition) is 2. The highest BCUT2D eigenvalue weighted by molar-refractivity contribution is 6.31. The number of amides is 1. The van der Waals surface area contributed by atoms with Gasteiger partial charge in [0.15, 0.2) is 0 Å². The molecule has 35 heavy (non-hydrogen) atoms. The van der Waals surface area contributed by atoms with Crippen molar-refractivity contribution in [3.63, 3.8) is 0 Å². The van der Waals surface area contributed by atoms with Crippen LogP contribution in [0.2, 0.25) is 5.02 Å². The van der Waals surface area contributed by atoms with Gasteiger partial charge in [0.1, 0.15) is 23.7 Å². The zero-order valence-corrected chi connectivity index (χ0v) is 20.1. The first-order valence-corrected chi connectivity index (χ1v) is 11.8. The Hall–Kier alpha value is -3.27. The second-order valence-electron chi connectivity index (χ2n) is 7.99. The number of carbonyl (C=O) groups excluding carboxylic acids is 1. The number of halogens is 2. The lowest BCUT2D eigenvalue weighted by atomic mass is 10.1. The highest BCUT2D eigenvalue weighted by atomic mass is 35.5. The van der Waals surface area contributed by atoms with Crippen LogP contribution in [0, 0.1) is 5.82 Å². The molecule has 3 aromatic rings. The van der Waals surface area contributed by atoms with E-state index < -0.39 is 5.82 Å². The zero-order chi connectivity index (χ0) is 24.6. The molecule has 10 heteroatoms. The fraction of sp³-hybridized carbons (Fsp3) is 0.320. The molecule has 2 N–H and O–H groups in total. The van der Waals surface area contributed by atoms with Gasteiger partial charge < -0.3 is 20.1 Å². The summed E-state index contributed by atoms with van der Waals surface area (Å²) in [4.78, 5) is 23.3. The van der Waals surface area contributed by atoms with Crippen LogP contribution >= 0.6 is 11.6 Å². The number of anilines is 3. The molecule has 0 saturated carbocycles. The average Bonchev–Trinajstić information content (AvgIpc) is 2.85. The van der Waals surface area contributed by atoms with Crippen LogP contribution in [0.5, 0.6) is 5.75 Å². The van der Waals surface area contributed by atoms with Crippen LogP contribution in [0.1, 0.15) is 13.3 Å². The van der Waals surface area contributed by atoms with E-state index in [1.165, 1.54) is 24.5 Å². The lowest BCUT2D eigenvalue weighted by molar-refractivity contribution is -0.111. The smallest absolute Gasteiger partial charge is 0.248 e. The molecule has 1 aromatic heterocycles. The van der Waals surface area contributed by atoms with Crippen molar-refractivity contribution < 1.29 is 18.7 Å². The van der Waals surface area contributed by atoms with Crippen molar-refractivity contribution in [2.45, 2.75) is 13.3 Å². The Morgan fingerprint density at radius 3 is 2.86 bits per heavy atom. The van der Waals surface area contributed by atoms with Gasteiger partial charge in [-0.05, 0) is 43.7 Å². The molecule has 0 unspecified atom stereocenters. The summed E-state index contributed by atoms with van der Waals surface area (Å²) in [5.41, 5.74) is 1.70. The maximum atomic E-state index is 13.6. The van der Waals surface area contributed by atoms with Gasteiger partial charge in [-0.25, -0.2) is 14.4 Å². The molecule has 1 amide bonds. The summed E-state index contributed by atoms with van der Waals surface area (Å²) >= 11 is 5.91. The summed E-state index contributed by atoms with van der Waals surface area (Å²) in [6.45, 7) is 6.53. The molecule has 0 spiro atoms. The fourth-order valence-electron chi connectivity index (χ4n) is 3.73. The standard InChI is InChI=1S/C25H27ClFN5O3/c1-2-4-24(33)31-22-14-18-21(15-23(22)35-10-3-7-32-8-11-34-12-9-32)28-16-29-25(18)30-17-5-6-20(27)19(26)13-17/h2,4-6,13-16H,3,7-12H2,1H3,(H,31,33)(H,28,29,30)/b4-2+. The quantitative estimate of drug-likeness (QED) is 0.323. The molecule has 0 aliphatic carbocycles. The lowest BCUT2D eigenvalue weighted by Crippen LogP contribution is -2.37. The van der Waals surface area contributed by atoms with Gasteiger partial charge in [0.05, 0.1) is 36.0 Å². The molecular formula is C25H27ClFN5O3. The third-order valence-electron chi connectivity index (χ3n) is 5.47. The van der Waals surface area contributed by atoms with Gasteiger partial charge >= 0.3 is 0 Å². The first-order valence-electron chi connectivity index (χ1n) is 11.4. The summed E-state index contributed by atoms with van der Waals surface area (Å²) in [6.07, 6.45) is 5.36. The second kappa shape index (κ2) is 11.9. The maximum Gasteiger partial charge on any atom is 0.248 e. The van der Waals surface area contributed by atoms with E-state index in [0.717, 1.165) is 39.3 Å². The topological polar surface area (TPSA) is 88.6 Å². The van der Waals surface area contributed by atoms with Gasteiger partial charge in [0, 0.05) is 36.8 Å². The number of nitrogens with one attached hydrogen (secondary N) is 2. The molecule has 0 atom stereocenters. The van der Waals surface area contributed by atoms with Crippen LogP contribution in [0.15, 0.2) is 48.8 Å². The Balaban J connectivity index is 1.57. The molecule has 1 aliphatic heterocycles. The normalized spacial score (nSPS) is 14.4. The van der Waals surface area contributed by atoms with E-state index in [1.807, 2.05) is 0 Å². The molecule has 1 saturated heterocycles. The molecule has 1 aliphatic rings. The minimum atomic E-state index is -0.505. The van der Waals surface area contributed by atoms with E-state index in [-0.39, 0.29) is 10.9 Å². The van der Waals surface area contributed by atoms with Crippen LogP contribution in [-0.2, 0) is 9.53 Å². The number of rotatable bonds is 9. The molecule has 1 fully saturated rings. The number of benzene rings is 2. The minimum Gasteiger partial charge on any atom is -0.491 e. The number of carbonyl (C=O) groups is 1. The predicted molar refractivity (Wildman–Crippen MR) is 135 cm³/mol. The highest BCUT2D eigenvalue weighted by Gasteiger charge is 2.14. The Morgan fingerprint density at radius 1 is 1.26 bits per heavy atom. The third kappa shape index (κ3) is 6.66. The number of allylic oxidation sites excluding steroid dienone is 1. The van der Waals surface area contributed by atoms with Crippen molar-refractivity contribution in [2.75, 3.05) is 50.1 Å². The van der Waals surface area contributed by atoms with Gasteiger partial charge in [-0.3, -0.25) is 9.69 Å². The molecule has 184 valence electrons. The summed E-state index contributed by atoms with van der Waals surface area (Å²) in [5.74, 6) is 0.223. The summed E-state index contributed by atoms with van der Waals surface area (Å²) in [6, 6.07) is 7.86. The number of aromatic nitrogens is 2. The lowest BCUT2D eigenvalue weighted by Gasteiger charge is -2.26. The molecule has 2 heterocycles. The van der Waals surface area contributed by atoms with Crippen LogP contribution in [0.3, 0.4) is 0 Å². The molecule has 2 aromatic carbocycles. The van der Waals surface area contributed by atoms with Crippen molar-refractivity contribution in [3.05, 3.63) is 59.7 Å². The van der Waals surface area contributed by atoms with Crippen LogP contribution in [-0.4, -0.2) is 60.2 Å². The van der Waals surface area contributed by atoms with Crippen LogP contribution in [0.25, 0.3) is 10.9 Å². The van der Waals surface area contributed by atoms with Crippen molar-refractivity contribution in [1.82, 2.24) is 14.9 Å². The largest absolute Gasteiger partial charge is 0.491 e. The van der Waals surface area contributed by atoms with E-state index in [2.05, 4.69) is 25.5 Å². The van der Waals surface area contributed by atoms with E-state index in [9.17, 15) is 9.18 Å². The third-order valence-corrected chi connectivity index (χ3v) is 5.76. The molecular weight excluding hydrogens is 473 g/mol. The predicted octanol–water partition coefficient (Wildman–Crippen LogP) is 4.78. The molecule has 4 rings (SSSR count). The number of fused-ring (bicyclic) bond motifs is 1. The van der Waals surface area contributed by atoms with E-state index in [1.54, 1.807) is 31.2 Å². The zero-order valence-electron chi connectivity index (χ0n) is 19.4. The molecule has 8 nitrogen and oxygen atoms in total. The first kappa shape index (κ1) is 24.8. The Bertz CT molecular complexity index is 1220. The number of morpholine rings is 1. The van der Waals surface area contributed by atoms with Crippen molar-refractivity contribution in [2.24, 2.45) is 0 Å². The molecule has 0 bridgehead atoms. The number of hydrogen-bond acceptors (Lipinski definition) is 7. The van der Waals surface area contributed by atoms with E-state index >= 15 is 0 Å². The minimum absolute atomic E-state index is 0.000400. The number of nitrogens with zero attached hydrogens (tertiary/aromatic N) is 3.